The van der Waals surface area contributed by atoms with Gasteiger partial charge >= 0.3 is 5.97 Å². The van der Waals surface area contributed by atoms with Crippen molar-refractivity contribution in [1.82, 2.24) is 0 Å². The molecule has 2 aromatic rings. The standard InChI is InChI=1S/C23H26O6/c1-2-27-20-14-13-19(28-15-17-9-5-3-6-10-17)21(24)23(20,26)16-29-22(25)18-11-7-4-8-12-18/h3-14,19-21,24,26H,2,15-16H2,1H3/t19-,20+,21+,23-/m1/s1. The van der Waals surface area contributed by atoms with Crippen LogP contribution in [0.3, 0.4) is 0 Å². The van der Waals surface area contributed by atoms with Crippen LogP contribution in [0.15, 0.2) is 72.8 Å². The van der Waals surface area contributed by atoms with Gasteiger partial charge in [-0.1, -0.05) is 60.7 Å². The maximum atomic E-state index is 12.3. The van der Waals surface area contributed by atoms with Gasteiger partial charge in [0, 0.05) is 6.61 Å². The summed E-state index contributed by atoms with van der Waals surface area (Å²) in [6, 6.07) is 18.0. The van der Waals surface area contributed by atoms with E-state index < -0.39 is 36.5 Å². The van der Waals surface area contributed by atoms with Crippen molar-refractivity contribution in [2.45, 2.75) is 37.4 Å². The third-order valence-electron chi connectivity index (χ3n) is 4.87. The molecule has 0 heterocycles. The quantitative estimate of drug-likeness (QED) is 0.525. The van der Waals surface area contributed by atoms with Gasteiger partial charge < -0.3 is 24.4 Å². The van der Waals surface area contributed by atoms with Crippen LogP contribution in [0.4, 0.5) is 0 Å². The van der Waals surface area contributed by atoms with Gasteiger partial charge in [-0.2, -0.15) is 0 Å². The zero-order valence-corrected chi connectivity index (χ0v) is 16.3. The Bertz CT molecular complexity index is 807. The van der Waals surface area contributed by atoms with E-state index in [1.54, 1.807) is 49.4 Å². The zero-order chi connectivity index (χ0) is 20.7. The maximum Gasteiger partial charge on any atom is 0.338 e. The summed E-state index contributed by atoms with van der Waals surface area (Å²) in [5, 5.41) is 22.1. The van der Waals surface area contributed by atoms with Gasteiger partial charge in [0.1, 0.15) is 24.9 Å². The molecule has 0 saturated carbocycles. The molecule has 0 radical (unpaired) electrons. The lowest BCUT2D eigenvalue weighted by Crippen LogP contribution is -2.62. The van der Waals surface area contributed by atoms with Gasteiger partial charge in [0.15, 0.2) is 5.60 Å². The fraction of sp³-hybridized carbons (Fsp3) is 0.348. The van der Waals surface area contributed by atoms with Gasteiger partial charge in [-0.05, 0) is 24.6 Å². The molecule has 1 aliphatic carbocycles. The minimum atomic E-state index is -1.84. The Morgan fingerprint density at radius 3 is 2.31 bits per heavy atom. The lowest BCUT2D eigenvalue weighted by molar-refractivity contribution is -0.202. The highest BCUT2D eigenvalue weighted by Gasteiger charge is 2.50. The Hall–Kier alpha value is -2.51. The third kappa shape index (κ3) is 5.10. The normalized spacial score (nSPS) is 26.2. The first-order chi connectivity index (χ1) is 14.0. The van der Waals surface area contributed by atoms with E-state index in [4.69, 9.17) is 14.2 Å². The molecule has 0 saturated heterocycles. The number of hydrogen-bond donors (Lipinski definition) is 2. The Kier molecular flexibility index (Phi) is 7.17. The fourth-order valence-electron chi connectivity index (χ4n) is 3.23. The highest BCUT2D eigenvalue weighted by atomic mass is 16.6. The topological polar surface area (TPSA) is 85.2 Å². The molecule has 0 aliphatic heterocycles. The summed E-state index contributed by atoms with van der Waals surface area (Å²) < 4.78 is 16.7. The van der Waals surface area contributed by atoms with Crippen LogP contribution in [0.1, 0.15) is 22.8 Å². The van der Waals surface area contributed by atoms with E-state index in [9.17, 15) is 15.0 Å². The SMILES string of the molecule is CCO[C@H]1C=C[C@@H](OCc2ccccc2)[C@H](O)[C@@]1(O)COC(=O)c1ccccc1. The number of ether oxygens (including phenoxy) is 3. The second-order valence-corrected chi connectivity index (χ2v) is 6.90. The molecular formula is C23H26O6. The van der Waals surface area contributed by atoms with Crippen LogP contribution in [0.5, 0.6) is 0 Å². The third-order valence-corrected chi connectivity index (χ3v) is 4.87. The summed E-state index contributed by atoms with van der Waals surface area (Å²) in [6.45, 7) is 1.95. The summed E-state index contributed by atoms with van der Waals surface area (Å²) >= 11 is 0. The molecular weight excluding hydrogens is 372 g/mol. The van der Waals surface area contributed by atoms with E-state index in [-0.39, 0.29) is 6.61 Å². The first-order valence-electron chi connectivity index (χ1n) is 9.62. The highest BCUT2D eigenvalue weighted by molar-refractivity contribution is 5.89. The predicted molar refractivity (Wildman–Crippen MR) is 107 cm³/mol. The van der Waals surface area contributed by atoms with Gasteiger partial charge in [0.05, 0.1) is 12.2 Å². The number of benzene rings is 2. The number of rotatable bonds is 8. The van der Waals surface area contributed by atoms with Crippen molar-refractivity contribution in [3.63, 3.8) is 0 Å². The van der Waals surface area contributed by atoms with Gasteiger partial charge in [-0.25, -0.2) is 4.79 Å². The molecule has 0 spiro atoms. The zero-order valence-electron chi connectivity index (χ0n) is 16.3. The van der Waals surface area contributed by atoms with Crippen molar-refractivity contribution in [2.24, 2.45) is 0 Å². The van der Waals surface area contributed by atoms with Crippen LogP contribution in [-0.2, 0) is 20.8 Å². The number of carbonyl (C=O) groups is 1. The first-order valence-corrected chi connectivity index (χ1v) is 9.62. The average molecular weight is 398 g/mol. The van der Waals surface area contributed by atoms with E-state index in [1.807, 2.05) is 30.3 Å². The second kappa shape index (κ2) is 9.80. The Balaban J connectivity index is 1.70. The predicted octanol–water partition coefficient (Wildman–Crippen LogP) is 2.50. The monoisotopic (exact) mass is 398 g/mol. The molecule has 0 fully saturated rings. The molecule has 0 unspecified atom stereocenters. The molecule has 29 heavy (non-hydrogen) atoms. The van der Waals surface area contributed by atoms with Crippen molar-refractivity contribution >= 4 is 5.97 Å². The Morgan fingerprint density at radius 2 is 1.66 bits per heavy atom. The van der Waals surface area contributed by atoms with E-state index in [0.29, 0.717) is 12.2 Å². The van der Waals surface area contributed by atoms with Crippen molar-refractivity contribution in [3.05, 3.63) is 83.9 Å². The molecule has 2 aromatic carbocycles. The van der Waals surface area contributed by atoms with Gasteiger partial charge in [0.2, 0.25) is 0 Å². The molecule has 0 bridgehead atoms. The maximum absolute atomic E-state index is 12.3. The van der Waals surface area contributed by atoms with Gasteiger partial charge in [0.25, 0.3) is 0 Å². The number of hydrogen-bond acceptors (Lipinski definition) is 6. The van der Waals surface area contributed by atoms with Crippen LogP contribution in [0, 0.1) is 0 Å². The van der Waals surface area contributed by atoms with E-state index in [1.165, 1.54) is 0 Å². The van der Waals surface area contributed by atoms with Crippen LogP contribution < -0.4 is 0 Å². The number of carbonyl (C=O) groups excluding carboxylic acids is 1. The van der Waals surface area contributed by atoms with Crippen molar-refractivity contribution in [2.75, 3.05) is 13.2 Å². The molecule has 0 amide bonds. The van der Waals surface area contributed by atoms with E-state index in [0.717, 1.165) is 5.56 Å². The number of aliphatic hydroxyl groups is 2. The van der Waals surface area contributed by atoms with Crippen molar-refractivity contribution in [3.8, 4) is 0 Å². The van der Waals surface area contributed by atoms with Crippen LogP contribution in [-0.4, -0.2) is 53.3 Å². The Labute approximate surface area is 170 Å². The average Bonchev–Trinajstić information content (AvgIpc) is 2.76. The van der Waals surface area contributed by atoms with E-state index >= 15 is 0 Å². The number of esters is 1. The molecule has 4 atom stereocenters. The minimum Gasteiger partial charge on any atom is -0.459 e. The van der Waals surface area contributed by atoms with Crippen LogP contribution in [0.25, 0.3) is 0 Å². The molecule has 1 aliphatic rings. The molecule has 0 aromatic heterocycles. The molecule has 6 nitrogen and oxygen atoms in total. The summed E-state index contributed by atoms with van der Waals surface area (Å²) in [7, 11) is 0. The smallest absolute Gasteiger partial charge is 0.338 e. The molecule has 154 valence electrons. The van der Waals surface area contributed by atoms with Gasteiger partial charge in [-0.15, -0.1) is 0 Å². The fourth-order valence-corrected chi connectivity index (χ4v) is 3.23. The molecule has 3 rings (SSSR count). The lowest BCUT2D eigenvalue weighted by atomic mass is 9.82. The molecule has 6 heteroatoms. The van der Waals surface area contributed by atoms with Crippen molar-refractivity contribution in [1.29, 1.82) is 0 Å². The molecule has 2 N–H and O–H groups in total. The second-order valence-electron chi connectivity index (χ2n) is 6.90. The number of aliphatic hydroxyl groups excluding tert-OH is 1. The van der Waals surface area contributed by atoms with Crippen molar-refractivity contribution < 1.29 is 29.2 Å². The highest BCUT2D eigenvalue weighted by Crippen LogP contribution is 2.30. The first kappa shape index (κ1) is 21.2. The van der Waals surface area contributed by atoms with Gasteiger partial charge in [-0.3, -0.25) is 0 Å². The minimum absolute atomic E-state index is 0.270. The summed E-state index contributed by atoms with van der Waals surface area (Å²) in [5.41, 5.74) is -0.530. The van der Waals surface area contributed by atoms with E-state index in [2.05, 4.69) is 0 Å². The van der Waals surface area contributed by atoms with Crippen LogP contribution in [0.2, 0.25) is 0 Å². The van der Waals surface area contributed by atoms with Crippen LogP contribution >= 0.6 is 0 Å². The summed E-state index contributed by atoms with van der Waals surface area (Å²) in [6.07, 6.45) is 0.371. The largest absolute Gasteiger partial charge is 0.459 e. The Morgan fingerprint density at radius 1 is 1.00 bits per heavy atom. The lowest BCUT2D eigenvalue weighted by Gasteiger charge is -2.42. The summed E-state index contributed by atoms with van der Waals surface area (Å²) in [4.78, 5) is 12.3. The summed E-state index contributed by atoms with van der Waals surface area (Å²) in [5.74, 6) is -0.585.